The second-order valence-corrected chi connectivity index (χ2v) is 6.48. The van der Waals surface area contributed by atoms with Crippen molar-refractivity contribution in [3.8, 4) is 11.4 Å². The molecule has 118 valence electrons. The molecule has 0 saturated carbocycles. The van der Waals surface area contributed by atoms with E-state index in [2.05, 4.69) is 15.1 Å². The lowest BCUT2D eigenvalue weighted by molar-refractivity contribution is 0.352. The minimum Gasteiger partial charge on any atom is -0.337 e. The average molecular weight is 355 g/mol. The lowest BCUT2D eigenvalue weighted by atomic mass is 10.2. The second kappa shape index (κ2) is 8.28. The molecule has 2 aromatic rings. The van der Waals surface area contributed by atoms with Gasteiger partial charge in [-0.25, -0.2) is 8.42 Å². The van der Waals surface area contributed by atoms with Crippen LogP contribution in [0.5, 0.6) is 0 Å². The SMILES string of the molecule is CS(=O)(=O)CCC(N)c1nc(-c2cccnc2)no1.Cl.Cl. The summed E-state index contributed by atoms with van der Waals surface area (Å²) in [4.78, 5) is 8.10. The van der Waals surface area contributed by atoms with Crippen molar-refractivity contribution in [3.63, 3.8) is 0 Å². The molecule has 2 heterocycles. The molecule has 21 heavy (non-hydrogen) atoms. The molecule has 0 aliphatic carbocycles. The molecule has 0 saturated heterocycles. The van der Waals surface area contributed by atoms with E-state index in [1.165, 1.54) is 0 Å². The molecule has 0 aromatic carbocycles. The van der Waals surface area contributed by atoms with Gasteiger partial charge in [0.2, 0.25) is 11.7 Å². The van der Waals surface area contributed by atoms with Gasteiger partial charge in [0.05, 0.1) is 11.8 Å². The molecular weight excluding hydrogens is 339 g/mol. The Morgan fingerprint density at radius 2 is 2.10 bits per heavy atom. The maximum Gasteiger partial charge on any atom is 0.243 e. The van der Waals surface area contributed by atoms with Crippen molar-refractivity contribution in [3.05, 3.63) is 30.4 Å². The van der Waals surface area contributed by atoms with Gasteiger partial charge in [-0.15, -0.1) is 24.8 Å². The zero-order valence-corrected chi connectivity index (χ0v) is 13.6. The van der Waals surface area contributed by atoms with E-state index in [4.69, 9.17) is 10.3 Å². The molecule has 7 nitrogen and oxygen atoms in total. The molecule has 10 heteroatoms. The van der Waals surface area contributed by atoms with E-state index < -0.39 is 15.9 Å². The fraction of sp³-hybridized carbons (Fsp3) is 0.364. The van der Waals surface area contributed by atoms with Gasteiger partial charge in [0.15, 0.2) is 0 Å². The van der Waals surface area contributed by atoms with Crippen molar-refractivity contribution in [2.75, 3.05) is 12.0 Å². The zero-order chi connectivity index (χ0) is 13.9. The van der Waals surface area contributed by atoms with Gasteiger partial charge in [0.1, 0.15) is 9.84 Å². The van der Waals surface area contributed by atoms with Gasteiger partial charge >= 0.3 is 0 Å². The predicted octanol–water partition coefficient (Wildman–Crippen LogP) is 1.41. The Morgan fingerprint density at radius 1 is 1.38 bits per heavy atom. The molecule has 0 aliphatic heterocycles. The minimum atomic E-state index is -3.05. The first-order chi connectivity index (χ1) is 8.96. The van der Waals surface area contributed by atoms with Gasteiger partial charge in [-0.2, -0.15) is 4.98 Å². The Bertz CT molecular complexity index is 648. The van der Waals surface area contributed by atoms with Crippen LogP contribution in [0.15, 0.2) is 29.0 Å². The van der Waals surface area contributed by atoms with E-state index >= 15 is 0 Å². The first-order valence-corrected chi connectivity index (χ1v) is 7.69. The monoisotopic (exact) mass is 354 g/mol. The number of rotatable bonds is 5. The number of halogens is 2. The van der Waals surface area contributed by atoms with Crippen LogP contribution < -0.4 is 5.73 Å². The predicted molar refractivity (Wildman–Crippen MR) is 83.3 cm³/mol. The number of sulfone groups is 1. The van der Waals surface area contributed by atoms with Crippen LogP contribution in [-0.4, -0.2) is 35.6 Å². The Kier molecular flexibility index (Phi) is 7.80. The van der Waals surface area contributed by atoms with Gasteiger partial charge < -0.3 is 10.3 Å². The van der Waals surface area contributed by atoms with Gasteiger partial charge in [-0.05, 0) is 18.6 Å². The summed E-state index contributed by atoms with van der Waals surface area (Å²) in [5.41, 5.74) is 6.53. The Balaban J connectivity index is 0.00000200. The highest BCUT2D eigenvalue weighted by Gasteiger charge is 2.17. The molecule has 1 unspecified atom stereocenters. The van der Waals surface area contributed by atoms with Crippen LogP contribution in [-0.2, 0) is 9.84 Å². The number of hydrogen-bond donors (Lipinski definition) is 1. The van der Waals surface area contributed by atoms with E-state index in [9.17, 15) is 8.42 Å². The van der Waals surface area contributed by atoms with E-state index in [0.29, 0.717) is 11.4 Å². The highest BCUT2D eigenvalue weighted by molar-refractivity contribution is 7.90. The summed E-state index contributed by atoms with van der Waals surface area (Å²) in [5, 5.41) is 3.80. The lowest BCUT2D eigenvalue weighted by Gasteiger charge is -2.04. The smallest absolute Gasteiger partial charge is 0.243 e. The molecule has 0 bridgehead atoms. The van der Waals surface area contributed by atoms with Crippen molar-refractivity contribution in [1.82, 2.24) is 15.1 Å². The molecular formula is C11H16Cl2N4O3S. The van der Waals surface area contributed by atoms with E-state index in [-0.39, 0.29) is 42.9 Å². The van der Waals surface area contributed by atoms with Crippen molar-refractivity contribution in [1.29, 1.82) is 0 Å². The Morgan fingerprint density at radius 3 is 2.67 bits per heavy atom. The third-order valence-corrected chi connectivity index (χ3v) is 3.46. The molecule has 0 aliphatic rings. The highest BCUT2D eigenvalue weighted by Crippen LogP contribution is 2.18. The van der Waals surface area contributed by atoms with Crippen LogP contribution in [0, 0.1) is 0 Å². The molecule has 2 rings (SSSR count). The summed E-state index contributed by atoms with van der Waals surface area (Å²) in [5.74, 6) is 0.596. The summed E-state index contributed by atoms with van der Waals surface area (Å²) in [7, 11) is -3.05. The topological polar surface area (TPSA) is 112 Å². The highest BCUT2D eigenvalue weighted by atomic mass is 35.5. The first-order valence-electron chi connectivity index (χ1n) is 5.63. The number of aromatic nitrogens is 3. The minimum absolute atomic E-state index is 0. The standard InChI is InChI=1S/C11H14N4O3S.2ClH/c1-19(16,17)6-4-9(12)11-14-10(15-18-11)8-3-2-5-13-7-8;;/h2-3,5,7,9H,4,6,12H2,1H3;2*1H. The van der Waals surface area contributed by atoms with Gasteiger partial charge in [-0.3, -0.25) is 4.98 Å². The second-order valence-electron chi connectivity index (χ2n) is 4.22. The van der Waals surface area contributed by atoms with Crippen LogP contribution in [0.2, 0.25) is 0 Å². The fourth-order valence-corrected chi connectivity index (χ4v) is 2.14. The summed E-state index contributed by atoms with van der Waals surface area (Å²) in [6.45, 7) is 0. The van der Waals surface area contributed by atoms with E-state index in [1.807, 2.05) is 0 Å². The van der Waals surface area contributed by atoms with E-state index in [1.54, 1.807) is 24.5 Å². The van der Waals surface area contributed by atoms with Crippen LogP contribution in [0.1, 0.15) is 18.4 Å². The molecule has 2 N–H and O–H groups in total. The van der Waals surface area contributed by atoms with Gasteiger partial charge in [-0.1, -0.05) is 5.16 Å². The quantitative estimate of drug-likeness (QED) is 0.863. The molecule has 2 aromatic heterocycles. The number of nitrogens with zero attached hydrogens (tertiary/aromatic N) is 3. The zero-order valence-electron chi connectivity index (χ0n) is 11.2. The number of hydrogen-bond acceptors (Lipinski definition) is 7. The van der Waals surface area contributed by atoms with Gasteiger partial charge in [0.25, 0.3) is 0 Å². The number of nitrogens with two attached hydrogens (primary N) is 1. The number of pyridine rings is 1. The van der Waals surface area contributed by atoms with Crippen LogP contribution in [0.25, 0.3) is 11.4 Å². The fourth-order valence-electron chi connectivity index (χ4n) is 1.46. The van der Waals surface area contributed by atoms with Crippen LogP contribution in [0.3, 0.4) is 0 Å². The van der Waals surface area contributed by atoms with E-state index in [0.717, 1.165) is 6.26 Å². The summed E-state index contributed by atoms with van der Waals surface area (Å²) in [6.07, 6.45) is 4.65. The largest absolute Gasteiger partial charge is 0.337 e. The van der Waals surface area contributed by atoms with Crippen molar-refractivity contribution in [2.24, 2.45) is 5.73 Å². The summed E-state index contributed by atoms with van der Waals surface area (Å²) >= 11 is 0. The van der Waals surface area contributed by atoms with Crippen molar-refractivity contribution >= 4 is 34.7 Å². The molecule has 0 fully saturated rings. The third-order valence-electron chi connectivity index (χ3n) is 2.48. The first kappa shape index (κ1) is 19.8. The maximum absolute atomic E-state index is 11.1. The average Bonchev–Trinajstić information content (AvgIpc) is 2.86. The van der Waals surface area contributed by atoms with Crippen LogP contribution >= 0.6 is 24.8 Å². The molecule has 0 amide bonds. The lowest BCUT2D eigenvalue weighted by Crippen LogP contribution is -2.16. The van der Waals surface area contributed by atoms with Crippen LogP contribution in [0.4, 0.5) is 0 Å². The van der Waals surface area contributed by atoms with Crippen molar-refractivity contribution < 1.29 is 12.9 Å². The Hall–Kier alpha value is -1.22. The third kappa shape index (κ3) is 5.96. The molecule has 0 spiro atoms. The van der Waals surface area contributed by atoms with Crippen molar-refractivity contribution in [2.45, 2.75) is 12.5 Å². The van der Waals surface area contributed by atoms with Gasteiger partial charge in [0, 0.05) is 24.2 Å². The summed E-state index contributed by atoms with van der Waals surface area (Å²) in [6, 6.07) is 2.96. The maximum atomic E-state index is 11.1. The summed E-state index contributed by atoms with van der Waals surface area (Å²) < 4.78 is 27.2. The molecule has 1 atom stereocenters. The normalized spacial score (nSPS) is 12.1. The molecule has 0 radical (unpaired) electrons. The Labute approximate surface area is 135 Å².